The summed E-state index contributed by atoms with van der Waals surface area (Å²) in [4.78, 5) is 15.3. The second kappa shape index (κ2) is 2.95. The van der Waals surface area contributed by atoms with Crippen LogP contribution in [0.15, 0.2) is 22.9 Å². The van der Waals surface area contributed by atoms with Gasteiger partial charge in [0.1, 0.15) is 4.60 Å². The molecule has 0 aromatic carbocycles. The van der Waals surface area contributed by atoms with Crippen LogP contribution in [0.3, 0.4) is 0 Å². The summed E-state index contributed by atoms with van der Waals surface area (Å²) in [6.45, 7) is 0. The lowest BCUT2D eigenvalue weighted by atomic mass is 10.3. The molecule has 0 spiro atoms. The first-order valence-electron chi connectivity index (χ1n) is 3.30. The summed E-state index contributed by atoms with van der Waals surface area (Å²) in [6.07, 6.45) is 2.58. The molecule has 2 nitrogen and oxygen atoms in total. The standard InChI is InChI=1S/C8H4BrNOS/c9-8-6-3-5(4-11)12-7(6)1-2-10-8/h1-4H. The van der Waals surface area contributed by atoms with E-state index in [-0.39, 0.29) is 0 Å². The molecule has 0 amide bonds. The zero-order valence-electron chi connectivity index (χ0n) is 5.95. The number of hydrogen-bond donors (Lipinski definition) is 0. The van der Waals surface area contributed by atoms with E-state index in [0.717, 1.165) is 25.9 Å². The van der Waals surface area contributed by atoms with Crippen LogP contribution in [0.4, 0.5) is 0 Å². The molecule has 0 N–H and O–H groups in total. The van der Waals surface area contributed by atoms with Gasteiger partial charge in [0.25, 0.3) is 0 Å². The number of hydrogen-bond acceptors (Lipinski definition) is 3. The zero-order valence-corrected chi connectivity index (χ0v) is 8.35. The predicted octanol–water partition coefficient (Wildman–Crippen LogP) is 2.87. The second-order valence-corrected chi connectivity index (χ2v) is 4.15. The number of pyridine rings is 1. The quantitative estimate of drug-likeness (QED) is 0.568. The first-order chi connectivity index (χ1) is 5.81. The number of aromatic nitrogens is 1. The van der Waals surface area contributed by atoms with Crippen molar-refractivity contribution in [1.29, 1.82) is 0 Å². The molecule has 2 aromatic rings. The first-order valence-corrected chi connectivity index (χ1v) is 4.91. The van der Waals surface area contributed by atoms with Crippen LogP contribution in [0.5, 0.6) is 0 Å². The number of thiophene rings is 1. The third-order valence-electron chi connectivity index (χ3n) is 1.53. The SMILES string of the molecule is O=Cc1cc2c(Br)nccc2s1. The monoisotopic (exact) mass is 241 g/mol. The highest BCUT2D eigenvalue weighted by Gasteiger charge is 2.03. The zero-order chi connectivity index (χ0) is 8.55. The Balaban J connectivity index is 2.82. The van der Waals surface area contributed by atoms with Crippen LogP contribution >= 0.6 is 27.3 Å². The van der Waals surface area contributed by atoms with Crippen molar-refractivity contribution in [3.05, 3.63) is 27.8 Å². The van der Waals surface area contributed by atoms with Gasteiger partial charge in [0.2, 0.25) is 0 Å². The molecule has 60 valence electrons. The Bertz CT molecular complexity index is 438. The molecular weight excluding hydrogens is 238 g/mol. The summed E-state index contributed by atoms with van der Waals surface area (Å²) in [7, 11) is 0. The minimum Gasteiger partial charge on any atom is -0.297 e. The summed E-state index contributed by atoms with van der Waals surface area (Å²) < 4.78 is 1.88. The highest BCUT2D eigenvalue weighted by molar-refractivity contribution is 9.10. The molecule has 0 unspecified atom stereocenters. The van der Waals surface area contributed by atoms with E-state index in [4.69, 9.17) is 0 Å². The van der Waals surface area contributed by atoms with Crippen molar-refractivity contribution < 1.29 is 4.79 Å². The predicted molar refractivity (Wildman–Crippen MR) is 52.7 cm³/mol. The van der Waals surface area contributed by atoms with Gasteiger partial charge in [-0.05, 0) is 28.1 Å². The molecular formula is C8H4BrNOS. The Hall–Kier alpha value is -0.740. The van der Waals surface area contributed by atoms with Crippen LogP contribution in [0.2, 0.25) is 0 Å². The molecule has 2 rings (SSSR count). The van der Waals surface area contributed by atoms with E-state index in [1.54, 1.807) is 6.20 Å². The Labute approximate surface area is 81.4 Å². The van der Waals surface area contributed by atoms with E-state index in [2.05, 4.69) is 20.9 Å². The van der Waals surface area contributed by atoms with Gasteiger partial charge in [-0.3, -0.25) is 4.79 Å². The van der Waals surface area contributed by atoms with Crippen molar-refractivity contribution in [2.24, 2.45) is 0 Å². The molecule has 0 aliphatic carbocycles. The lowest BCUT2D eigenvalue weighted by Crippen LogP contribution is -1.71. The fraction of sp³-hybridized carbons (Fsp3) is 0. The number of carbonyl (C=O) groups is 1. The Morgan fingerprint density at radius 1 is 1.58 bits per heavy atom. The van der Waals surface area contributed by atoms with Crippen molar-refractivity contribution in [2.75, 3.05) is 0 Å². The summed E-state index contributed by atoms with van der Waals surface area (Å²) in [5.41, 5.74) is 0. The number of nitrogens with zero attached hydrogens (tertiary/aromatic N) is 1. The second-order valence-electron chi connectivity index (χ2n) is 2.28. The minimum absolute atomic E-state index is 0.735. The number of halogens is 1. The summed E-state index contributed by atoms with van der Waals surface area (Å²) >= 11 is 4.79. The number of carbonyl (C=O) groups excluding carboxylic acids is 1. The molecule has 0 atom stereocenters. The highest BCUT2D eigenvalue weighted by Crippen LogP contribution is 2.28. The molecule has 2 aromatic heterocycles. The van der Waals surface area contributed by atoms with Gasteiger partial charge in [-0.2, -0.15) is 0 Å². The molecule has 12 heavy (non-hydrogen) atoms. The van der Waals surface area contributed by atoms with Crippen LogP contribution < -0.4 is 0 Å². The lowest BCUT2D eigenvalue weighted by molar-refractivity contribution is 0.112. The van der Waals surface area contributed by atoms with Crippen molar-refractivity contribution >= 4 is 43.6 Å². The van der Waals surface area contributed by atoms with Crippen molar-refractivity contribution in [3.63, 3.8) is 0 Å². The molecule has 0 radical (unpaired) electrons. The average molecular weight is 242 g/mol. The van der Waals surface area contributed by atoms with Gasteiger partial charge in [0.15, 0.2) is 6.29 Å². The van der Waals surface area contributed by atoms with Crippen molar-refractivity contribution in [1.82, 2.24) is 4.98 Å². The number of fused-ring (bicyclic) bond motifs is 1. The maximum absolute atomic E-state index is 10.5. The maximum atomic E-state index is 10.5. The van der Waals surface area contributed by atoms with Crippen LogP contribution in [0, 0.1) is 0 Å². The normalized spacial score (nSPS) is 10.4. The van der Waals surface area contributed by atoms with Gasteiger partial charge in [-0.1, -0.05) is 0 Å². The van der Waals surface area contributed by atoms with E-state index in [1.165, 1.54) is 11.3 Å². The summed E-state index contributed by atoms with van der Waals surface area (Å²) in [5.74, 6) is 0. The minimum atomic E-state index is 0.735. The largest absolute Gasteiger partial charge is 0.297 e. The highest BCUT2D eigenvalue weighted by atomic mass is 79.9. The average Bonchev–Trinajstić information content (AvgIpc) is 2.49. The van der Waals surface area contributed by atoms with E-state index >= 15 is 0 Å². The Morgan fingerprint density at radius 2 is 2.42 bits per heavy atom. The molecule has 0 aliphatic heterocycles. The van der Waals surface area contributed by atoms with Crippen molar-refractivity contribution in [3.8, 4) is 0 Å². The summed E-state index contributed by atoms with van der Waals surface area (Å²) in [6, 6.07) is 3.74. The van der Waals surface area contributed by atoms with Gasteiger partial charge in [-0.25, -0.2) is 4.98 Å². The first kappa shape index (κ1) is 7.89. The van der Waals surface area contributed by atoms with Crippen LogP contribution in [0.25, 0.3) is 10.1 Å². The van der Waals surface area contributed by atoms with Crippen LogP contribution in [-0.4, -0.2) is 11.3 Å². The van der Waals surface area contributed by atoms with E-state index in [0.29, 0.717) is 0 Å². The molecule has 0 saturated heterocycles. The van der Waals surface area contributed by atoms with Gasteiger partial charge in [-0.15, -0.1) is 11.3 Å². The van der Waals surface area contributed by atoms with Crippen LogP contribution in [0.1, 0.15) is 9.67 Å². The fourth-order valence-corrected chi connectivity index (χ4v) is 2.46. The molecule has 2 heterocycles. The van der Waals surface area contributed by atoms with Gasteiger partial charge >= 0.3 is 0 Å². The molecule has 0 saturated carbocycles. The third-order valence-corrected chi connectivity index (χ3v) is 3.19. The van der Waals surface area contributed by atoms with Crippen LogP contribution in [-0.2, 0) is 0 Å². The Morgan fingerprint density at radius 3 is 3.08 bits per heavy atom. The summed E-state index contributed by atoms with van der Waals surface area (Å²) in [5, 5.41) is 1.00. The van der Waals surface area contributed by atoms with Gasteiger partial charge < -0.3 is 0 Å². The molecule has 0 aliphatic rings. The smallest absolute Gasteiger partial charge is 0.160 e. The Kier molecular flexibility index (Phi) is 1.94. The number of aldehydes is 1. The molecule has 4 heteroatoms. The molecule has 0 fully saturated rings. The molecule has 0 bridgehead atoms. The van der Waals surface area contributed by atoms with E-state index in [1.807, 2.05) is 12.1 Å². The fourth-order valence-electron chi connectivity index (χ4n) is 1.01. The lowest BCUT2D eigenvalue weighted by Gasteiger charge is -1.88. The van der Waals surface area contributed by atoms with Gasteiger partial charge in [0, 0.05) is 16.3 Å². The third kappa shape index (κ3) is 1.17. The maximum Gasteiger partial charge on any atom is 0.160 e. The van der Waals surface area contributed by atoms with E-state index < -0.39 is 0 Å². The van der Waals surface area contributed by atoms with Gasteiger partial charge in [0.05, 0.1) is 4.88 Å². The van der Waals surface area contributed by atoms with Crippen molar-refractivity contribution in [2.45, 2.75) is 0 Å². The number of rotatable bonds is 1. The topological polar surface area (TPSA) is 30.0 Å². The van der Waals surface area contributed by atoms with E-state index in [9.17, 15) is 4.79 Å².